The molecule has 0 amide bonds. The Balaban J connectivity index is 1.49. The lowest BCUT2D eigenvalue weighted by atomic mass is 9.33. The Kier molecular flexibility index (Phi) is 6.95. The minimum Gasteiger partial charge on any atom is -0.481 e. The van der Waals surface area contributed by atoms with Crippen molar-refractivity contribution in [3.63, 3.8) is 0 Å². The fraction of sp³-hybridized carbons (Fsp3) is 0.824. The number of ketones is 1. The number of rotatable bonds is 5. The van der Waals surface area contributed by atoms with Crippen molar-refractivity contribution in [1.82, 2.24) is 0 Å². The van der Waals surface area contributed by atoms with Crippen LogP contribution < -0.4 is 0 Å². The largest absolute Gasteiger partial charge is 0.481 e. The summed E-state index contributed by atoms with van der Waals surface area (Å²) in [5.74, 6) is -1.87. The number of carbonyl (C=O) groups is 4. The SMILES string of the molecule is CC1(C)C2CC[C@]3(C)C(C(=O)C=C4C5C[C@@](C)(C(=O)O)CC[C@]5(C)CC[C@]43C)[C@@]2(C)CC[C@@H]1OC(=O)CCC(=O)O. The predicted octanol–water partition coefficient (Wildman–Crippen LogP) is 6.83. The van der Waals surface area contributed by atoms with Gasteiger partial charge < -0.3 is 14.9 Å². The number of fused-ring (bicyclic) bond motifs is 7. The van der Waals surface area contributed by atoms with Gasteiger partial charge in [-0.3, -0.25) is 19.2 Å². The molecule has 41 heavy (non-hydrogen) atoms. The van der Waals surface area contributed by atoms with Crippen molar-refractivity contribution in [1.29, 1.82) is 0 Å². The fourth-order valence-electron chi connectivity index (χ4n) is 11.0. The zero-order valence-corrected chi connectivity index (χ0v) is 26.1. The molecule has 5 aliphatic carbocycles. The Morgan fingerprint density at radius 2 is 1.54 bits per heavy atom. The molecule has 0 radical (unpaired) electrons. The summed E-state index contributed by atoms with van der Waals surface area (Å²) in [5.41, 5.74) is -0.553. The molecule has 0 aromatic rings. The summed E-state index contributed by atoms with van der Waals surface area (Å²) >= 11 is 0. The Hall–Kier alpha value is -2.18. The molecule has 7 heteroatoms. The highest BCUT2D eigenvalue weighted by molar-refractivity contribution is 5.95. The lowest BCUT2D eigenvalue weighted by Gasteiger charge is -2.70. The van der Waals surface area contributed by atoms with Crippen LogP contribution in [0.2, 0.25) is 0 Å². The molecular weight excluding hydrogens is 520 g/mol. The van der Waals surface area contributed by atoms with Gasteiger partial charge in [-0.05, 0) is 104 Å². The van der Waals surface area contributed by atoms with Crippen molar-refractivity contribution in [2.45, 2.75) is 125 Å². The van der Waals surface area contributed by atoms with Gasteiger partial charge in [0.2, 0.25) is 0 Å². The van der Waals surface area contributed by atoms with E-state index in [4.69, 9.17) is 9.84 Å². The molecule has 228 valence electrons. The Bertz CT molecular complexity index is 1200. The lowest BCUT2D eigenvalue weighted by molar-refractivity contribution is -0.211. The van der Waals surface area contributed by atoms with Crippen molar-refractivity contribution in [2.75, 3.05) is 0 Å². The zero-order valence-electron chi connectivity index (χ0n) is 26.1. The zero-order chi connectivity index (χ0) is 30.4. The van der Waals surface area contributed by atoms with E-state index in [1.807, 2.05) is 13.0 Å². The molecule has 3 unspecified atom stereocenters. The van der Waals surface area contributed by atoms with Gasteiger partial charge in [0.25, 0.3) is 0 Å². The second-order valence-corrected chi connectivity index (χ2v) is 16.3. The smallest absolute Gasteiger partial charge is 0.309 e. The van der Waals surface area contributed by atoms with Crippen LogP contribution in [0.3, 0.4) is 0 Å². The number of aliphatic carboxylic acids is 2. The first kappa shape index (κ1) is 30.3. The number of carboxylic acid groups (broad SMARTS) is 2. The van der Waals surface area contributed by atoms with Crippen LogP contribution in [-0.4, -0.2) is 40.0 Å². The number of hydrogen-bond donors (Lipinski definition) is 2. The molecule has 2 N–H and O–H groups in total. The molecule has 0 aromatic carbocycles. The third-order valence-corrected chi connectivity index (χ3v) is 13.8. The van der Waals surface area contributed by atoms with Gasteiger partial charge in [-0.1, -0.05) is 47.1 Å². The molecule has 7 nitrogen and oxygen atoms in total. The van der Waals surface area contributed by atoms with Gasteiger partial charge in [0.05, 0.1) is 18.3 Å². The predicted molar refractivity (Wildman–Crippen MR) is 154 cm³/mol. The number of esters is 1. The molecule has 9 atom stereocenters. The highest BCUT2D eigenvalue weighted by atomic mass is 16.5. The quantitative estimate of drug-likeness (QED) is 0.348. The van der Waals surface area contributed by atoms with E-state index in [2.05, 4.69) is 41.5 Å². The summed E-state index contributed by atoms with van der Waals surface area (Å²) in [5, 5.41) is 19.1. The normalized spacial score (nSPS) is 46.6. The van der Waals surface area contributed by atoms with E-state index in [0.29, 0.717) is 19.3 Å². The number of hydrogen-bond acceptors (Lipinski definition) is 5. The van der Waals surface area contributed by atoms with Crippen LogP contribution in [0.4, 0.5) is 0 Å². The number of ether oxygens (including phenoxy) is 1. The van der Waals surface area contributed by atoms with Gasteiger partial charge in [-0.15, -0.1) is 0 Å². The summed E-state index contributed by atoms with van der Waals surface area (Å²) in [6.45, 7) is 15.5. The highest BCUT2D eigenvalue weighted by Crippen LogP contribution is 2.75. The molecule has 0 aliphatic heterocycles. The van der Waals surface area contributed by atoms with Crippen LogP contribution in [0.5, 0.6) is 0 Å². The van der Waals surface area contributed by atoms with Crippen molar-refractivity contribution in [2.24, 2.45) is 50.2 Å². The maximum Gasteiger partial charge on any atom is 0.309 e. The van der Waals surface area contributed by atoms with E-state index >= 15 is 0 Å². The highest BCUT2D eigenvalue weighted by Gasteiger charge is 2.70. The molecule has 4 saturated carbocycles. The van der Waals surface area contributed by atoms with Gasteiger partial charge in [0, 0.05) is 11.3 Å². The van der Waals surface area contributed by atoms with Crippen LogP contribution in [0.1, 0.15) is 119 Å². The summed E-state index contributed by atoms with van der Waals surface area (Å²) in [7, 11) is 0. The van der Waals surface area contributed by atoms with Crippen molar-refractivity contribution >= 4 is 23.7 Å². The molecule has 0 aromatic heterocycles. The average molecular weight is 571 g/mol. The van der Waals surface area contributed by atoms with Crippen LogP contribution in [0.15, 0.2) is 11.6 Å². The standard InChI is InChI=1S/C34H50O7/c1-29(2)23-10-13-34(7)27(32(23,5)12-11-24(29)41-26(38)9-8-25(36)37)22(35)18-20-21-19-31(4,28(39)40)15-14-30(21,3)16-17-33(20,34)6/h18,21,23-24,27H,8-17,19H2,1-7H3,(H,36,37)(H,39,40)/t21?,23?,24-,27?,30+,31-,32-,33+,34+/m0/s1. The maximum atomic E-state index is 14.5. The Morgan fingerprint density at radius 3 is 2.17 bits per heavy atom. The minimum absolute atomic E-state index is 0.0233. The third-order valence-electron chi connectivity index (χ3n) is 13.8. The van der Waals surface area contributed by atoms with E-state index in [1.54, 1.807) is 0 Å². The molecule has 5 rings (SSSR count). The van der Waals surface area contributed by atoms with E-state index in [-0.39, 0.29) is 69.6 Å². The molecule has 0 spiro atoms. The van der Waals surface area contributed by atoms with Crippen molar-refractivity contribution in [3.8, 4) is 0 Å². The molecule has 5 aliphatic rings. The maximum absolute atomic E-state index is 14.5. The number of carbonyl (C=O) groups excluding carboxylic acids is 2. The minimum atomic E-state index is -1.01. The van der Waals surface area contributed by atoms with E-state index in [0.717, 1.165) is 38.5 Å². The van der Waals surface area contributed by atoms with Gasteiger partial charge >= 0.3 is 17.9 Å². The van der Waals surface area contributed by atoms with Crippen LogP contribution in [0.25, 0.3) is 0 Å². The molecule has 0 bridgehead atoms. The van der Waals surface area contributed by atoms with Gasteiger partial charge in [-0.2, -0.15) is 0 Å². The molecular formula is C34H50O7. The Morgan fingerprint density at radius 1 is 0.878 bits per heavy atom. The summed E-state index contributed by atoms with van der Waals surface area (Å²) < 4.78 is 5.91. The lowest BCUT2D eigenvalue weighted by Crippen LogP contribution is -2.66. The second-order valence-electron chi connectivity index (χ2n) is 16.3. The monoisotopic (exact) mass is 570 g/mol. The van der Waals surface area contributed by atoms with Crippen LogP contribution in [0, 0.1) is 50.2 Å². The molecule has 4 fully saturated rings. The first-order valence-electron chi connectivity index (χ1n) is 15.7. The first-order chi connectivity index (χ1) is 18.8. The number of allylic oxidation sites excluding steroid dienone is 2. The first-order valence-corrected chi connectivity index (χ1v) is 15.7. The molecule has 0 heterocycles. The topological polar surface area (TPSA) is 118 Å². The van der Waals surface area contributed by atoms with E-state index in [9.17, 15) is 24.3 Å². The average Bonchev–Trinajstić information content (AvgIpc) is 2.86. The van der Waals surface area contributed by atoms with Crippen molar-refractivity contribution in [3.05, 3.63) is 11.6 Å². The fourth-order valence-corrected chi connectivity index (χ4v) is 11.0. The van der Waals surface area contributed by atoms with E-state index < -0.39 is 23.3 Å². The summed E-state index contributed by atoms with van der Waals surface area (Å²) in [6, 6.07) is 0. The second kappa shape index (κ2) is 9.41. The third kappa shape index (κ3) is 4.25. The molecule has 0 saturated heterocycles. The van der Waals surface area contributed by atoms with E-state index in [1.165, 1.54) is 5.57 Å². The van der Waals surface area contributed by atoms with Crippen LogP contribution in [-0.2, 0) is 23.9 Å². The van der Waals surface area contributed by atoms with Crippen LogP contribution >= 0.6 is 0 Å². The van der Waals surface area contributed by atoms with Gasteiger partial charge in [-0.25, -0.2) is 0 Å². The summed E-state index contributed by atoms with van der Waals surface area (Å²) in [6.07, 6.45) is 8.80. The summed E-state index contributed by atoms with van der Waals surface area (Å²) in [4.78, 5) is 50.3. The Labute approximate surface area is 244 Å². The van der Waals surface area contributed by atoms with Gasteiger partial charge in [0.15, 0.2) is 5.78 Å². The number of carboxylic acids is 2. The van der Waals surface area contributed by atoms with Crippen molar-refractivity contribution < 1.29 is 34.1 Å². The van der Waals surface area contributed by atoms with Gasteiger partial charge in [0.1, 0.15) is 6.10 Å².